The van der Waals surface area contributed by atoms with E-state index in [1.165, 1.54) is 7.11 Å². The molecule has 0 rings (SSSR count). The van der Waals surface area contributed by atoms with E-state index in [-0.39, 0.29) is 5.97 Å². The maximum absolute atomic E-state index is 11.3. The second kappa shape index (κ2) is 4.45. The molecule has 0 aliphatic carbocycles. The summed E-state index contributed by atoms with van der Waals surface area (Å²) in [6.07, 6.45) is 0.788. The summed E-state index contributed by atoms with van der Waals surface area (Å²) in [5, 5.41) is 2.99. The zero-order valence-corrected chi connectivity index (χ0v) is 8.60. The monoisotopic (exact) mass is 173 g/mol. The second-order valence-electron chi connectivity index (χ2n) is 3.67. The van der Waals surface area contributed by atoms with Gasteiger partial charge in [0.05, 0.1) is 7.11 Å². The molecule has 72 valence electrons. The van der Waals surface area contributed by atoms with Crippen molar-refractivity contribution < 1.29 is 9.53 Å². The first-order valence-electron chi connectivity index (χ1n) is 4.23. The molecule has 0 fully saturated rings. The van der Waals surface area contributed by atoms with Gasteiger partial charge in [-0.05, 0) is 26.3 Å². The lowest BCUT2D eigenvalue weighted by Crippen LogP contribution is -2.49. The van der Waals surface area contributed by atoms with Crippen LogP contribution >= 0.6 is 0 Å². The molecule has 12 heavy (non-hydrogen) atoms. The van der Waals surface area contributed by atoms with Crippen LogP contribution in [0.1, 0.15) is 27.2 Å². The molecule has 1 N–H and O–H groups in total. The third-order valence-electron chi connectivity index (χ3n) is 2.00. The molecule has 0 aromatic rings. The van der Waals surface area contributed by atoms with E-state index in [1.807, 2.05) is 6.92 Å². The fraction of sp³-hybridized carbons (Fsp3) is 0.889. The molecule has 0 aromatic heterocycles. The lowest BCUT2D eigenvalue weighted by atomic mass is 9.91. The summed E-state index contributed by atoms with van der Waals surface area (Å²) < 4.78 is 4.71. The summed E-state index contributed by atoms with van der Waals surface area (Å²) in [5.41, 5.74) is -0.539. The first kappa shape index (κ1) is 11.4. The van der Waals surface area contributed by atoms with Crippen LogP contribution < -0.4 is 5.32 Å². The quantitative estimate of drug-likeness (QED) is 0.649. The fourth-order valence-corrected chi connectivity index (χ4v) is 1.33. The Morgan fingerprint density at radius 3 is 2.33 bits per heavy atom. The molecule has 0 aromatic carbocycles. The molecular weight excluding hydrogens is 154 g/mol. The number of nitrogens with one attached hydrogen (secondary N) is 1. The highest BCUT2D eigenvalue weighted by molar-refractivity contribution is 5.80. The average Bonchev–Trinajstić information content (AvgIpc) is 2.01. The minimum Gasteiger partial charge on any atom is -0.468 e. The molecule has 0 amide bonds. The zero-order chi connectivity index (χ0) is 9.78. The first-order valence-corrected chi connectivity index (χ1v) is 4.23. The molecule has 3 nitrogen and oxygen atoms in total. The normalized spacial score (nSPS) is 15.8. The van der Waals surface area contributed by atoms with E-state index < -0.39 is 5.54 Å². The van der Waals surface area contributed by atoms with Gasteiger partial charge in [0.1, 0.15) is 5.54 Å². The van der Waals surface area contributed by atoms with E-state index in [4.69, 9.17) is 4.74 Å². The molecule has 0 spiro atoms. The summed E-state index contributed by atoms with van der Waals surface area (Å²) in [4.78, 5) is 11.3. The van der Waals surface area contributed by atoms with Crippen LogP contribution in [0.3, 0.4) is 0 Å². The van der Waals surface area contributed by atoms with Crippen molar-refractivity contribution in [3.05, 3.63) is 0 Å². The van der Waals surface area contributed by atoms with E-state index in [9.17, 15) is 4.79 Å². The number of carbonyl (C=O) groups excluding carboxylic acids is 1. The van der Waals surface area contributed by atoms with Crippen molar-refractivity contribution in [3.8, 4) is 0 Å². The van der Waals surface area contributed by atoms with Gasteiger partial charge in [0, 0.05) is 0 Å². The number of rotatable bonds is 4. The SMILES string of the molecule is CNC(C)(CC(C)C)C(=O)OC. The van der Waals surface area contributed by atoms with Crippen LogP contribution in [0.25, 0.3) is 0 Å². The Morgan fingerprint density at radius 2 is 2.08 bits per heavy atom. The van der Waals surface area contributed by atoms with Crippen LogP contribution in [-0.2, 0) is 9.53 Å². The highest BCUT2D eigenvalue weighted by atomic mass is 16.5. The van der Waals surface area contributed by atoms with Gasteiger partial charge in [0.25, 0.3) is 0 Å². The van der Waals surface area contributed by atoms with Crippen molar-refractivity contribution in [2.75, 3.05) is 14.2 Å². The largest absolute Gasteiger partial charge is 0.468 e. The standard InChI is InChI=1S/C9H19NO2/c1-7(2)6-9(3,10-4)8(11)12-5/h7,10H,6H2,1-5H3. The van der Waals surface area contributed by atoms with Gasteiger partial charge in [-0.2, -0.15) is 0 Å². The molecule has 0 heterocycles. The summed E-state index contributed by atoms with van der Waals surface area (Å²) in [6.45, 7) is 6.02. The van der Waals surface area contributed by atoms with Crippen LogP contribution in [0.15, 0.2) is 0 Å². The molecule has 0 radical (unpaired) electrons. The molecule has 0 saturated carbocycles. The first-order chi connectivity index (χ1) is 5.46. The van der Waals surface area contributed by atoms with Gasteiger partial charge in [-0.3, -0.25) is 4.79 Å². The van der Waals surface area contributed by atoms with Gasteiger partial charge in [-0.15, -0.1) is 0 Å². The maximum atomic E-state index is 11.3. The number of ether oxygens (including phenoxy) is 1. The number of likely N-dealkylation sites (N-methyl/N-ethyl adjacent to an activating group) is 1. The van der Waals surface area contributed by atoms with Crippen molar-refractivity contribution in [2.24, 2.45) is 5.92 Å². The van der Waals surface area contributed by atoms with Crippen molar-refractivity contribution in [1.82, 2.24) is 5.32 Å². The van der Waals surface area contributed by atoms with Gasteiger partial charge in [-0.25, -0.2) is 0 Å². The molecule has 1 atom stereocenters. The third kappa shape index (κ3) is 2.81. The Morgan fingerprint density at radius 1 is 1.58 bits per heavy atom. The van der Waals surface area contributed by atoms with Crippen molar-refractivity contribution in [2.45, 2.75) is 32.7 Å². The third-order valence-corrected chi connectivity index (χ3v) is 2.00. The zero-order valence-electron chi connectivity index (χ0n) is 8.60. The Bertz CT molecular complexity index is 157. The van der Waals surface area contributed by atoms with Gasteiger partial charge in [0.2, 0.25) is 0 Å². The van der Waals surface area contributed by atoms with Crippen LogP contribution in [0.5, 0.6) is 0 Å². The number of hydrogen-bond acceptors (Lipinski definition) is 3. The maximum Gasteiger partial charge on any atom is 0.325 e. The van der Waals surface area contributed by atoms with E-state index in [1.54, 1.807) is 7.05 Å². The molecule has 0 bridgehead atoms. The minimum atomic E-state index is -0.539. The number of methoxy groups -OCH3 is 1. The van der Waals surface area contributed by atoms with Crippen LogP contribution in [0.4, 0.5) is 0 Å². The van der Waals surface area contributed by atoms with Gasteiger partial charge >= 0.3 is 5.97 Å². The van der Waals surface area contributed by atoms with Crippen molar-refractivity contribution in [3.63, 3.8) is 0 Å². The Balaban J connectivity index is 4.33. The Hall–Kier alpha value is -0.570. The van der Waals surface area contributed by atoms with E-state index in [2.05, 4.69) is 19.2 Å². The summed E-state index contributed by atoms with van der Waals surface area (Å²) in [5.74, 6) is 0.278. The van der Waals surface area contributed by atoms with E-state index in [0.29, 0.717) is 5.92 Å². The summed E-state index contributed by atoms with van der Waals surface area (Å²) in [6, 6.07) is 0. The Labute approximate surface area is 74.5 Å². The van der Waals surface area contributed by atoms with Crippen molar-refractivity contribution in [1.29, 1.82) is 0 Å². The van der Waals surface area contributed by atoms with Gasteiger partial charge < -0.3 is 10.1 Å². The van der Waals surface area contributed by atoms with Gasteiger partial charge in [-0.1, -0.05) is 13.8 Å². The van der Waals surface area contributed by atoms with Crippen molar-refractivity contribution >= 4 is 5.97 Å². The topological polar surface area (TPSA) is 38.3 Å². The lowest BCUT2D eigenvalue weighted by molar-refractivity contribution is -0.148. The molecular formula is C9H19NO2. The summed E-state index contributed by atoms with van der Waals surface area (Å²) in [7, 11) is 3.19. The number of esters is 1. The molecule has 0 aliphatic rings. The number of hydrogen-bond donors (Lipinski definition) is 1. The molecule has 0 aliphatic heterocycles. The molecule has 3 heteroatoms. The predicted molar refractivity (Wildman–Crippen MR) is 48.9 cm³/mol. The van der Waals surface area contributed by atoms with E-state index >= 15 is 0 Å². The number of carbonyl (C=O) groups is 1. The van der Waals surface area contributed by atoms with E-state index in [0.717, 1.165) is 6.42 Å². The highest BCUT2D eigenvalue weighted by Gasteiger charge is 2.32. The highest BCUT2D eigenvalue weighted by Crippen LogP contribution is 2.17. The molecule has 0 saturated heterocycles. The van der Waals surface area contributed by atoms with Crippen LogP contribution in [-0.4, -0.2) is 25.7 Å². The Kier molecular flexibility index (Phi) is 4.24. The fourth-order valence-electron chi connectivity index (χ4n) is 1.33. The van der Waals surface area contributed by atoms with Crippen LogP contribution in [0.2, 0.25) is 0 Å². The van der Waals surface area contributed by atoms with Crippen LogP contribution in [0, 0.1) is 5.92 Å². The average molecular weight is 173 g/mol. The van der Waals surface area contributed by atoms with Gasteiger partial charge in [0.15, 0.2) is 0 Å². The second-order valence-corrected chi connectivity index (χ2v) is 3.67. The smallest absolute Gasteiger partial charge is 0.325 e. The minimum absolute atomic E-state index is 0.196. The predicted octanol–water partition coefficient (Wildman–Crippen LogP) is 1.18. The lowest BCUT2D eigenvalue weighted by Gasteiger charge is -2.27. The summed E-state index contributed by atoms with van der Waals surface area (Å²) >= 11 is 0. The molecule has 1 unspecified atom stereocenters.